The van der Waals surface area contributed by atoms with Gasteiger partial charge in [0, 0.05) is 5.75 Å². The van der Waals surface area contributed by atoms with Crippen LogP contribution in [0.3, 0.4) is 0 Å². The van der Waals surface area contributed by atoms with Gasteiger partial charge in [-0.1, -0.05) is 41.3 Å². The Labute approximate surface area is 139 Å². The third-order valence-corrected chi connectivity index (χ3v) is 5.51. The van der Waals surface area contributed by atoms with Crippen molar-refractivity contribution >= 4 is 38.3 Å². The summed E-state index contributed by atoms with van der Waals surface area (Å²) < 4.78 is 21.9. The number of hydrogen-bond donors (Lipinski definition) is 0. The molecule has 0 aliphatic carbocycles. The lowest BCUT2D eigenvalue weighted by atomic mass is 10.2. The summed E-state index contributed by atoms with van der Waals surface area (Å²) in [7, 11) is 1.46. The molecule has 0 bridgehead atoms. The first-order valence-corrected chi connectivity index (χ1v) is 8.74. The number of rotatable bonds is 4. The van der Waals surface area contributed by atoms with E-state index in [0.29, 0.717) is 5.75 Å². The highest BCUT2D eigenvalue weighted by atomic mass is 32.2. The number of nitrogens with zero attached hydrogens (tertiary/aromatic N) is 3. The van der Waals surface area contributed by atoms with Gasteiger partial charge < -0.3 is 4.74 Å². The Morgan fingerprint density at radius 3 is 2.91 bits per heavy atom. The van der Waals surface area contributed by atoms with E-state index in [9.17, 15) is 4.39 Å². The SMILES string of the molecule is COc1ccc(CSc2nnc3sc4ccccc4n23)cc1F. The maximum Gasteiger partial charge on any atom is 0.217 e. The number of thiazole rings is 1. The second-order valence-electron chi connectivity index (χ2n) is 4.93. The van der Waals surface area contributed by atoms with Crippen molar-refractivity contribution in [3.05, 3.63) is 53.8 Å². The van der Waals surface area contributed by atoms with E-state index in [1.165, 1.54) is 29.6 Å². The van der Waals surface area contributed by atoms with Crippen molar-refractivity contribution in [3.8, 4) is 5.75 Å². The molecule has 0 saturated heterocycles. The quantitative estimate of drug-likeness (QED) is 0.515. The molecular formula is C16H12FN3OS2. The van der Waals surface area contributed by atoms with Gasteiger partial charge in [-0.25, -0.2) is 4.39 Å². The predicted octanol–water partition coefficient (Wildman–Crippen LogP) is 4.38. The van der Waals surface area contributed by atoms with Crippen LogP contribution in [-0.2, 0) is 5.75 Å². The summed E-state index contributed by atoms with van der Waals surface area (Å²) in [5.41, 5.74) is 1.98. The monoisotopic (exact) mass is 345 g/mol. The van der Waals surface area contributed by atoms with Crippen LogP contribution in [0.2, 0.25) is 0 Å². The lowest BCUT2D eigenvalue weighted by Gasteiger charge is -2.04. The first kappa shape index (κ1) is 14.5. The van der Waals surface area contributed by atoms with Gasteiger partial charge in [-0.3, -0.25) is 4.40 Å². The molecule has 2 aromatic carbocycles. The number of aromatic nitrogens is 3. The number of halogens is 1. The van der Waals surface area contributed by atoms with E-state index >= 15 is 0 Å². The molecule has 2 heterocycles. The minimum atomic E-state index is -0.349. The van der Waals surface area contributed by atoms with Crippen molar-refractivity contribution in [2.75, 3.05) is 7.11 Å². The molecule has 0 aliphatic heterocycles. The maximum absolute atomic E-state index is 13.8. The van der Waals surface area contributed by atoms with Gasteiger partial charge in [0.15, 0.2) is 16.7 Å². The number of para-hydroxylation sites is 1. The molecule has 116 valence electrons. The maximum atomic E-state index is 13.8. The Balaban J connectivity index is 1.64. The van der Waals surface area contributed by atoms with Crippen molar-refractivity contribution in [2.24, 2.45) is 0 Å². The lowest BCUT2D eigenvalue weighted by molar-refractivity contribution is 0.386. The van der Waals surface area contributed by atoms with Crippen LogP contribution >= 0.6 is 23.1 Å². The molecule has 4 rings (SSSR count). The van der Waals surface area contributed by atoms with E-state index in [-0.39, 0.29) is 11.6 Å². The molecule has 0 radical (unpaired) electrons. The topological polar surface area (TPSA) is 39.4 Å². The van der Waals surface area contributed by atoms with Gasteiger partial charge in [0.1, 0.15) is 0 Å². The number of benzene rings is 2. The number of methoxy groups -OCH3 is 1. The van der Waals surface area contributed by atoms with Gasteiger partial charge in [-0.05, 0) is 29.8 Å². The van der Waals surface area contributed by atoms with Crippen molar-refractivity contribution < 1.29 is 9.13 Å². The number of fused-ring (bicyclic) bond motifs is 3. The highest BCUT2D eigenvalue weighted by Gasteiger charge is 2.13. The molecule has 0 saturated carbocycles. The second kappa shape index (κ2) is 5.82. The van der Waals surface area contributed by atoms with E-state index in [1.54, 1.807) is 17.4 Å². The standard InChI is InChI=1S/C16H12FN3OS2/c1-21-13-7-6-10(8-11(13)17)9-22-15-18-19-16-20(15)12-4-2-3-5-14(12)23-16/h2-8H,9H2,1H3. The smallest absolute Gasteiger partial charge is 0.217 e. The van der Waals surface area contributed by atoms with Gasteiger partial charge in [0.2, 0.25) is 4.96 Å². The Morgan fingerprint density at radius 2 is 2.09 bits per heavy atom. The van der Waals surface area contributed by atoms with Gasteiger partial charge in [0.05, 0.1) is 17.3 Å². The fourth-order valence-corrected chi connectivity index (χ4v) is 4.31. The third-order valence-electron chi connectivity index (χ3n) is 3.50. The molecule has 0 aliphatic rings. The molecule has 2 aromatic heterocycles. The highest BCUT2D eigenvalue weighted by Crippen LogP contribution is 2.31. The molecular weight excluding hydrogens is 333 g/mol. The summed E-state index contributed by atoms with van der Waals surface area (Å²) in [6, 6.07) is 13.1. The van der Waals surface area contributed by atoms with Gasteiger partial charge in [-0.2, -0.15) is 0 Å². The van der Waals surface area contributed by atoms with E-state index in [1.807, 2.05) is 22.6 Å². The third kappa shape index (κ3) is 2.55. The molecule has 7 heteroatoms. The molecule has 0 N–H and O–H groups in total. The average Bonchev–Trinajstić information content (AvgIpc) is 3.12. The van der Waals surface area contributed by atoms with Gasteiger partial charge >= 0.3 is 0 Å². The molecule has 0 fully saturated rings. The van der Waals surface area contributed by atoms with Crippen molar-refractivity contribution in [2.45, 2.75) is 10.9 Å². The van der Waals surface area contributed by atoms with Crippen molar-refractivity contribution in [1.82, 2.24) is 14.6 Å². The first-order valence-electron chi connectivity index (χ1n) is 6.94. The molecule has 0 atom stereocenters. The fraction of sp³-hybridized carbons (Fsp3) is 0.125. The van der Waals surface area contributed by atoms with Crippen LogP contribution in [0, 0.1) is 5.82 Å². The van der Waals surface area contributed by atoms with Crippen molar-refractivity contribution in [1.29, 1.82) is 0 Å². The molecule has 4 nitrogen and oxygen atoms in total. The summed E-state index contributed by atoms with van der Waals surface area (Å²) in [6.07, 6.45) is 0. The summed E-state index contributed by atoms with van der Waals surface area (Å²) in [5, 5.41) is 9.29. The molecule has 0 spiro atoms. The Bertz CT molecular complexity index is 995. The Kier molecular flexibility index (Phi) is 3.66. The summed E-state index contributed by atoms with van der Waals surface area (Å²) in [5.74, 6) is 0.525. The van der Waals surface area contributed by atoms with Crippen LogP contribution in [0.25, 0.3) is 15.2 Å². The zero-order chi connectivity index (χ0) is 15.8. The molecule has 0 amide bonds. The van der Waals surface area contributed by atoms with E-state index in [0.717, 1.165) is 21.2 Å². The molecule has 4 aromatic rings. The van der Waals surface area contributed by atoms with Crippen LogP contribution in [0.5, 0.6) is 5.75 Å². The predicted molar refractivity (Wildman–Crippen MR) is 90.9 cm³/mol. The zero-order valence-corrected chi connectivity index (χ0v) is 13.8. The highest BCUT2D eigenvalue weighted by molar-refractivity contribution is 7.98. The molecule has 23 heavy (non-hydrogen) atoms. The minimum absolute atomic E-state index is 0.257. The zero-order valence-electron chi connectivity index (χ0n) is 12.2. The largest absolute Gasteiger partial charge is 0.494 e. The Hall–Kier alpha value is -2.12. The van der Waals surface area contributed by atoms with E-state index in [2.05, 4.69) is 22.3 Å². The Morgan fingerprint density at radius 1 is 1.22 bits per heavy atom. The number of thioether (sulfide) groups is 1. The second-order valence-corrected chi connectivity index (χ2v) is 6.88. The van der Waals surface area contributed by atoms with Gasteiger partial charge in [-0.15, -0.1) is 10.2 Å². The lowest BCUT2D eigenvalue weighted by Crippen LogP contribution is -1.91. The van der Waals surface area contributed by atoms with Crippen LogP contribution in [0.15, 0.2) is 47.6 Å². The minimum Gasteiger partial charge on any atom is -0.494 e. The number of ether oxygens (including phenoxy) is 1. The summed E-state index contributed by atoms with van der Waals surface area (Å²) in [4.78, 5) is 0.870. The van der Waals surface area contributed by atoms with Crippen LogP contribution in [0.4, 0.5) is 4.39 Å². The fourth-order valence-electron chi connectivity index (χ4n) is 2.40. The van der Waals surface area contributed by atoms with Crippen LogP contribution in [-0.4, -0.2) is 21.7 Å². The number of hydrogen-bond acceptors (Lipinski definition) is 5. The average molecular weight is 345 g/mol. The van der Waals surface area contributed by atoms with Gasteiger partial charge in [0.25, 0.3) is 0 Å². The van der Waals surface area contributed by atoms with Crippen LogP contribution in [0.1, 0.15) is 5.56 Å². The summed E-state index contributed by atoms with van der Waals surface area (Å²) in [6.45, 7) is 0. The van der Waals surface area contributed by atoms with E-state index in [4.69, 9.17) is 4.74 Å². The van der Waals surface area contributed by atoms with E-state index < -0.39 is 0 Å². The first-order chi connectivity index (χ1) is 11.3. The normalized spacial score (nSPS) is 11.4. The van der Waals surface area contributed by atoms with Crippen LogP contribution < -0.4 is 4.74 Å². The summed E-state index contributed by atoms with van der Waals surface area (Å²) >= 11 is 3.15. The molecule has 0 unspecified atom stereocenters. The van der Waals surface area contributed by atoms with Crippen molar-refractivity contribution in [3.63, 3.8) is 0 Å².